The molecule has 1 aliphatic heterocycles. The summed E-state index contributed by atoms with van der Waals surface area (Å²) in [5, 5.41) is 4.06. The van der Waals surface area contributed by atoms with Crippen LogP contribution in [-0.4, -0.2) is 37.8 Å². The van der Waals surface area contributed by atoms with Gasteiger partial charge in [0.1, 0.15) is 11.6 Å². The lowest BCUT2D eigenvalue weighted by Crippen LogP contribution is -2.41. The van der Waals surface area contributed by atoms with E-state index in [1.54, 1.807) is 13.1 Å². The summed E-state index contributed by atoms with van der Waals surface area (Å²) in [6.45, 7) is 4.31. The standard InChI is InChI=1S/C11H15Cl2N3O/c1-7-6-16(3-4-17-7)11-9(13)5-8(12)10(14-2)15-11/h5,7H,3-4,6H2,1-2H3,(H,14,15). The van der Waals surface area contributed by atoms with Crippen LogP contribution >= 0.6 is 23.2 Å². The maximum atomic E-state index is 6.18. The predicted octanol–water partition coefficient (Wildman–Crippen LogP) is 2.66. The SMILES string of the molecule is CNc1nc(N2CCOC(C)C2)c(Cl)cc1Cl. The van der Waals surface area contributed by atoms with Crippen LogP contribution in [-0.2, 0) is 4.74 Å². The van der Waals surface area contributed by atoms with Gasteiger partial charge in [-0.25, -0.2) is 4.98 Å². The van der Waals surface area contributed by atoms with Crippen LogP contribution in [0.25, 0.3) is 0 Å². The van der Waals surface area contributed by atoms with Crippen molar-refractivity contribution >= 4 is 34.8 Å². The van der Waals surface area contributed by atoms with Crippen molar-refractivity contribution in [1.29, 1.82) is 0 Å². The molecule has 0 spiro atoms. The van der Waals surface area contributed by atoms with Gasteiger partial charge in [0.15, 0.2) is 0 Å². The number of rotatable bonds is 2. The number of hydrogen-bond donors (Lipinski definition) is 1. The largest absolute Gasteiger partial charge is 0.375 e. The summed E-state index contributed by atoms with van der Waals surface area (Å²) in [5.74, 6) is 1.40. The molecule has 2 heterocycles. The molecule has 1 aromatic rings. The van der Waals surface area contributed by atoms with Gasteiger partial charge in [0.25, 0.3) is 0 Å². The first-order valence-electron chi connectivity index (χ1n) is 5.52. The van der Waals surface area contributed by atoms with Crippen molar-refractivity contribution in [2.24, 2.45) is 0 Å². The number of hydrogen-bond acceptors (Lipinski definition) is 4. The van der Waals surface area contributed by atoms with Gasteiger partial charge in [0.2, 0.25) is 0 Å². The second-order valence-corrected chi connectivity index (χ2v) is 4.82. The van der Waals surface area contributed by atoms with Crippen molar-refractivity contribution in [2.75, 3.05) is 37.0 Å². The van der Waals surface area contributed by atoms with Crippen LogP contribution in [0.15, 0.2) is 6.07 Å². The van der Waals surface area contributed by atoms with E-state index in [4.69, 9.17) is 27.9 Å². The van der Waals surface area contributed by atoms with Crippen molar-refractivity contribution in [3.63, 3.8) is 0 Å². The van der Waals surface area contributed by atoms with Crippen molar-refractivity contribution < 1.29 is 4.74 Å². The van der Waals surface area contributed by atoms with Crippen LogP contribution in [0, 0.1) is 0 Å². The Morgan fingerprint density at radius 1 is 1.47 bits per heavy atom. The van der Waals surface area contributed by atoms with E-state index in [2.05, 4.69) is 15.2 Å². The van der Waals surface area contributed by atoms with Gasteiger partial charge in [0, 0.05) is 20.1 Å². The van der Waals surface area contributed by atoms with Crippen LogP contribution in [0.3, 0.4) is 0 Å². The van der Waals surface area contributed by atoms with E-state index in [0.717, 1.165) is 18.9 Å². The van der Waals surface area contributed by atoms with Crippen molar-refractivity contribution in [2.45, 2.75) is 13.0 Å². The summed E-state index contributed by atoms with van der Waals surface area (Å²) in [6.07, 6.45) is 0.190. The number of pyridine rings is 1. The summed E-state index contributed by atoms with van der Waals surface area (Å²) < 4.78 is 5.50. The molecular weight excluding hydrogens is 261 g/mol. The van der Waals surface area contributed by atoms with Gasteiger partial charge < -0.3 is 15.0 Å². The molecule has 2 rings (SSSR count). The van der Waals surface area contributed by atoms with Gasteiger partial charge in [-0.1, -0.05) is 23.2 Å². The van der Waals surface area contributed by atoms with E-state index >= 15 is 0 Å². The molecule has 1 aliphatic rings. The van der Waals surface area contributed by atoms with E-state index in [-0.39, 0.29) is 6.10 Å². The van der Waals surface area contributed by atoms with Gasteiger partial charge in [-0.2, -0.15) is 0 Å². The molecule has 0 amide bonds. The lowest BCUT2D eigenvalue weighted by atomic mass is 10.3. The molecule has 1 saturated heterocycles. The molecule has 0 aliphatic carbocycles. The number of morpholine rings is 1. The first-order chi connectivity index (χ1) is 8.11. The third-order valence-corrected chi connectivity index (χ3v) is 3.25. The molecule has 1 fully saturated rings. The summed E-state index contributed by atoms with van der Waals surface area (Å²) in [5.41, 5.74) is 0. The van der Waals surface area contributed by atoms with E-state index < -0.39 is 0 Å². The van der Waals surface area contributed by atoms with Crippen molar-refractivity contribution in [1.82, 2.24) is 4.98 Å². The molecule has 4 nitrogen and oxygen atoms in total. The Bertz CT molecular complexity index is 414. The number of ether oxygens (including phenoxy) is 1. The average Bonchev–Trinajstić information content (AvgIpc) is 2.29. The highest BCUT2D eigenvalue weighted by Gasteiger charge is 2.21. The molecule has 1 aromatic heterocycles. The van der Waals surface area contributed by atoms with Crippen LogP contribution in [0.5, 0.6) is 0 Å². The number of nitrogens with zero attached hydrogens (tertiary/aromatic N) is 2. The first-order valence-corrected chi connectivity index (χ1v) is 6.27. The Kier molecular flexibility index (Phi) is 3.97. The molecule has 0 bridgehead atoms. The van der Waals surface area contributed by atoms with Gasteiger partial charge >= 0.3 is 0 Å². The molecular formula is C11H15Cl2N3O. The minimum atomic E-state index is 0.190. The Morgan fingerprint density at radius 2 is 2.24 bits per heavy atom. The van der Waals surface area contributed by atoms with Crippen molar-refractivity contribution in [3.8, 4) is 0 Å². The first kappa shape index (κ1) is 12.7. The Morgan fingerprint density at radius 3 is 2.88 bits per heavy atom. The fourth-order valence-electron chi connectivity index (χ4n) is 1.86. The Hall–Kier alpha value is -0.710. The zero-order valence-corrected chi connectivity index (χ0v) is 11.3. The van der Waals surface area contributed by atoms with Crippen LogP contribution in [0.1, 0.15) is 6.92 Å². The predicted molar refractivity (Wildman–Crippen MR) is 71.4 cm³/mol. The number of nitrogens with one attached hydrogen (secondary N) is 1. The molecule has 17 heavy (non-hydrogen) atoms. The third-order valence-electron chi connectivity index (χ3n) is 2.69. The average molecular weight is 276 g/mol. The van der Waals surface area contributed by atoms with Crippen LogP contribution in [0.4, 0.5) is 11.6 Å². The van der Waals surface area contributed by atoms with Gasteiger partial charge in [0.05, 0.1) is 22.8 Å². The van der Waals surface area contributed by atoms with E-state index in [1.807, 2.05) is 6.92 Å². The number of anilines is 2. The van der Waals surface area contributed by atoms with Gasteiger partial charge in [-0.3, -0.25) is 0 Å². The van der Waals surface area contributed by atoms with E-state index in [1.165, 1.54) is 0 Å². The topological polar surface area (TPSA) is 37.4 Å². The maximum absolute atomic E-state index is 6.18. The van der Waals surface area contributed by atoms with Crippen LogP contribution in [0.2, 0.25) is 10.0 Å². The molecule has 0 aromatic carbocycles. The highest BCUT2D eigenvalue weighted by Crippen LogP contribution is 2.31. The fraction of sp³-hybridized carbons (Fsp3) is 0.545. The van der Waals surface area contributed by atoms with Gasteiger partial charge in [-0.15, -0.1) is 0 Å². The molecule has 1 atom stereocenters. The summed E-state index contributed by atoms with van der Waals surface area (Å²) >= 11 is 12.2. The second-order valence-electron chi connectivity index (χ2n) is 4.00. The molecule has 94 valence electrons. The summed E-state index contributed by atoms with van der Waals surface area (Å²) in [6, 6.07) is 1.72. The molecule has 0 saturated carbocycles. The normalized spacial score (nSPS) is 20.5. The molecule has 1 unspecified atom stereocenters. The van der Waals surface area contributed by atoms with Crippen LogP contribution < -0.4 is 10.2 Å². The minimum Gasteiger partial charge on any atom is -0.375 e. The van der Waals surface area contributed by atoms with Crippen molar-refractivity contribution in [3.05, 3.63) is 16.1 Å². The second kappa shape index (κ2) is 5.29. The smallest absolute Gasteiger partial charge is 0.150 e. The zero-order valence-electron chi connectivity index (χ0n) is 9.83. The highest BCUT2D eigenvalue weighted by molar-refractivity contribution is 6.37. The molecule has 6 heteroatoms. The maximum Gasteiger partial charge on any atom is 0.150 e. The Labute approximate surface area is 111 Å². The quantitative estimate of drug-likeness (QED) is 0.901. The Balaban J connectivity index is 2.30. The third kappa shape index (κ3) is 2.76. The van der Waals surface area contributed by atoms with E-state index in [0.29, 0.717) is 22.5 Å². The number of aromatic nitrogens is 1. The monoisotopic (exact) mass is 275 g/mol. The zero-order chi connectivity index (χ0) is 12.4. The molecule has 0 radical (unpaired) electrons. The lowest BCUT2D eigenvalue weighted by Gasteiger charge is -2.32. The molecule has 1 N–H and O–H groups in total. The fourth-order valence-corrected chi connectivity index (χ4v) is 2.44. The summed E-state index contributed by atoms with van der Waals surface area (Å²) in [4.78, 5) is 6.56. The minimum absolute atomic E-state index is 0.190. The van der Waals surface area contributed by atoms with Gasteiger partial charge in [-0.05, 0) is 13.0 Å². The summed E-state index contributed by atoms with van der Waals surface area (Å²) in [7, 11) is 1.79. The van der Waals surface area contributed by atoms with E-state index in [9.17, 15) is 0 Å². The lowest BCUT2D eigenvalue weighted by molar-refractivity contribution is 0.0529. The highest BCUT2D eigenvalue weighted by atomic mass is 35.5. The number of halogens is 2.